The van der Waals surface area contributed by atoms with Crippen molar-refractivity contribution in [1.82, 2.24) is 20.2 Å². The lowest BCUT2D eigenvalue weighted by atomic mass is 10.1. The highest BCUT2D eigenvalue weighted by molar-refractivity contribution is 7.99. The maximum atomic E-state index is 13.2. The highest BCUT2D eigenvalue weighted by Crippen LogP contribution is 2.32. The molecule has 0 radical (unpaired) electrons. The summed E-state index contributed by atoms with van der Waals surface area (Å²) in [6.45, 7) is 3.69. The first-order valence-electron chi connectivity index (χ1n) is 10.0. The molecule has 4 rings (SSSR count). The van der Waals surface area contributed by atoms with Crippen molar-refractivity contribution >= 4 is 45.3 Å². The Morgan fingerprint density at radius 2 is 2.03 bits per heavy atom. The Kier molecular flexibility index (Phi) is 6.33. The molecule has 1 aliphatic heterocycles. The van der Waals surface area contributed by atoms with Crippen LogP contribution in [0.3, 0.4) is 0 Å². The Bertz CT molecular complexity index is 1280. The number of rotatable bonds is 6. The minimum atomic E-state index is -0.483. The largest absolute Gasteiger partial charge is 0.463 e. The fourth-order valence-corrected chi connectivity index (χ4v) is 5.47. The van der Waals surface area contributed by atoms with Gasteiger partial charge in [0.25, 0.3) is 5.56 Å². The molecule has 0 spiro atoms. The SMILES string of the molecule is CCOC(=O)C1=C(CSc2nc3scc(-c4ccccc4)c3c(=O)n2C)NC(=O)N[C@H]1C. The summed E-state index contributed by atoms with van der Waals surface area (Å²) in [6.07, 6.45) is 0. The third-order valence-corrected chi connectivity index (χ3v) is 7.00. The van der Waals surface area contributed by atoms with Crippen molar-refractivity contribution in [1.29, 1.82) is 0 Å². The first-order valence-corrected chi connectivity index (χ1v) is 11.9. The number of thiophene rings is 1. The summed E-state index contributed by atoms with van der Waals surface area (Å²) in [5, 5.41) is 8.40. The van der Waals surface area contributed by atoms with Gasteiger partial charge in [0, 0.05) is 29.4 Å². The van der Waals surface area contributed by atoms with Crippen LogP contribution in [0.2, 0.25) is 0 Å². The second kappa shape index (κ2) is 9.17. The van der Waals surface area contributed by atoms with E-state index in [-0.39, 0.29) is 24.0 Å². The number of nitrogens with one attached hydrogen (secondary N) is 2. The number of urea groups is 1. The standard InChI is InChI=1S/C22H22N4O4S2/c1-4-30-20(28)16-12(2)23-21(29)24-15(16)11-32-22-25-18-17(19(27)26(22)3)14(10-31-18)13-8-6-5-7-9-13/h5-10,12H,4,11H2,1-3H3,(H2,23,24,29)/t12-/m0/s1. The first-order chi connectivity index (χ1) is 15.4. The maximum absolute atomic E-state index is 13.2. The van der Waals surface area contributed by atoms with E-state index in [1.807, 2.05) is 35.7 Å². The van der Waals surface area contributed by atoms with E-state index >= 15 is 0 Å². The van der Waals surface area contributed by atoms with Crippen molar-refractivity contribution in [3.8, 4) is 11.1 Å². The number of hydrogen-bond acceptors (Lipinski definition) is 7. The topological polar surface area (TPSA) is 102 Å². The smallest absolute Gasteiger partial charge is 0.337 e. The highest BCUT2D eigenvalue weighted by Gasteiger charge is 2.30. The van der Waals surface area contributed by atoms with Gasteiger partial charge in [-0.15, -0.1) is 11.3 Å². The minimum Gasteiger partial charge on any atom is -0.463 e. The number of benzene rings is 1. The number of aromatic nitrogens is 2. The van der Waals surface area contributed by atoms with E-state index in [2.05, 4.69) is 15.6 Å². The molecule has 0 unspecified atom stereocenters. The number of carbonyl (C=O) groups excluding carboxylic acids is 2. The molecule has 1 aliphatic rings. The van der Waals surface area contributed by atoms with Crippen molar-refractivity contribution < 1.29 is 14.3 Å². The van der Waals surface area contributed by atoms with Crippen molar-refractivity contribution in [2.45, 2.75) is 25.0 Å². The number of amides is 2. The summed E-state index contributed by atoms with van der Waals surface area (Å²) in [4.78, 5) is 42.9. The molecule has 0 fully saturated rings. The number of carbonyl (C=O) groups is 2. The number of hydrogen-bond donors (Lipinski definition) is 2. The average Bonchev–Trinajstić information content (AvgIpc) is 3.19. The molecule has 166 valence electrons. The summed E-state index contributed by atoms with van der Waals surface area (Å²) in [7, 11) is 1.67. The number of esters is 1. The average molecular weight is 471 g/mol. The van der Waals surface area contributed by atoms with Crippen LogP contribution >= 0.6 is 23.1 Å². The van der Waals surface area contributed by atoms with E-state index in [1.165, 1.54) is 27.7 Å². The first kappa shape index (κ1) is 22.1. The van der Waals surface area contributed by atoms with Crippen molar-refractivity contribution in [3.63, 3.8) is 0 Å². The zero-order chi connectivity index (χ0) is 22.8. The quantitative estimate of drug-likeness (QED) is 0.326. The monoisotopic (exact) mass is 470 g/mol. The molecule has 2 amide bonds. The van der Waals surface area contributed by atoms with Gasteiger partial charge in [-0.05, 0) is 19.4 Å². The van der Waals surface area contributed by atoms with Crippen LogP contribution < -0.4 is 16.2 Å². The number of nitrogens with zero attached hydrogens (tertiary/aromatic N) is 2. The highest BCUT2D eigenvalue weighted by atomic mass is 32.2. The van der Waals surface area contributed by atoms with E-state index in [4.69, 9.17) is 4.74 Å². The van der Waals surface area contributed by atoms with Crippen molar-refractivity contribution in [3.05, 3.63) is 57.3 Å². The fourth-order valence-electron chi connectivity index (χ4n) is 3.54. The van der Waals surface area contributed by atoms with E-state index in [0.29, 0.717) is 26.6 Å². The fraction of sp³-hybridized carbons (Fsp3) is 0.273. The summed E-state index contributed by atoms with van der Waals surface area (Å²) in [6, 6.07) is 8.87. The van der Waals surface area contributed by atoms with Crippen molar-refractivity contribution in [2.75, 3.05) is 12.4 Å². The molecule has 2 N–H and O–H groups in total. The van der Waals surface area contributed by atoms with Crippen LogP contribution in [0.5, 0.6) is 0 Å². The molecular weight excluding hydrogens is 448 g/mol. The number of thioether (sulfide) groups is 1. The van der Waals surface area contributed by atoms with E-state index < -0.39 is 12.0 Å². The zero-order valence-corrected chi connectivity index (χ0v) is 19.4. The number of fused-ring (bicyclic) bond motifs is 1. The lowest BCUT2D eigenvalue weighted by molar-refractivity contribution is -0.138. The molecular formula is C22H22N4O4S2. The lowest BCUT2D eigenvalue weighted by Crippen LogP contribution is -2.49. The van der Waals surface area contributed by atoms with Crippen LogP contribution in [0, 0.1) is 0 Å². The Morgan fingerprint density at radius 3 is 2.75 bits per heavy atom. The van der Waals surface area contributed by atoms with Gasteiger partial charge in [-0.1, -0.05) is 42.1 Å². The Labute approximate surface area is 192 Å². The molecule has 10 heteroatoms. The van der Waals surface area contributed by atoms with Crippen LogP contribution in [0.1, 0.15) is 13.8 Å². The Balaban J connectivity index is 1.68. The lowest BCUT2D eigenvalue weighted by Gasteiger charge is -2.26. The molecule has 8 nitrogen and oxygen atoms in total. The molecule has 1 aromatic carbocycles. The second-order valence-corrected chi connectivity index (χ2v) is 8.98. The van der Waals surface area contributed by atoms with E-state index in [0.717, 1.165) is 11.1 Å². The second-order valence-electron chi connectivity index (χ2n) is 7.18. The van der Waals surface area contributed by atoms with Gasteiger partial charge in [0.05, 0.1) is 23.6 Å². The van der Waals surface area contributed by atoms with Crippen LogP contribution in [0.4, 0.5) is 4.79 Å². The minimum absolute atomic E-state index is 0.139. The third-order valence-electron chi connectivity index (χ3n) is 5.07. The molecule has 0 aliphatic carbocycles. The van der Waals surface area contributed by atoms with Gasteiger partial charge in [-0.3, -0.25) is 9.36 Å². The van der Waals surface area contributed by atoms with E-state index in [9.17, 15) is 14.4 Å². The van der Waals surface area contributed by atoms with Gasteiger partial charge in [0.2, 0.25) is 0 Å². The molecule has 3 aromatic rings. The van der Waals surface area contributed by atoms with Crippen LogP contribution in [0.15, 0.2) is 56.9 Å². The van der Waals surface area contributed by atoms with Crippen LogP contribution in [-0.2, 0) is 16.6 Å². The molecule has 0 saturated carbocycles. The summed E-state index contributed by atoms with van der Waals surface area (Å²) < 4.78 is 6.65. The molecule has 2 aromatic heterocycles. The van der Waals surface area contributed by atoms with Crippen LogP contribution in [0.25, 0.3) is 21.3 Å². The normalized spacial score (nSPS) is 16.1. The predicted molar refractivity (Wildman–Crippen MR) is 126 cm³/mol. The zero-order valence-electron chi connectivity index (χ0n) is 17.8. The molecule has 0 saturated heterocycles. The van der Waals surface area contributed by atoms with Crippen molar-refractivity contribution in [2.24, 2.45) is 7.05 Å². The third kappa shape index (κ3) is 4.15. The van der Waals surface area contributed by atoms with Crippen LogP contribution in [-0.4, -0.2) is 40.0 Å². The van der Waals surface area contributed by atoms with E-state index in [1.54, 1.807) is 20.9 Å². The molecule has 32 heavy (non-hydrogen) atoms. The predicted octanol–water partition coefficient (Wildman–Crippen LogP) is 3.27. The van der Waals surface area contributed by atoms with Gasteiger partial charge >= 0.3 is 12.0 Å². The number of ether oxygens (including phenoxy) is 1. The van der Waals surface area contributed by atoms with Gasteiger partial charge in [0.15, 0.2) is 5.16 Å². The summed E-state index contributed by atoms with van der Waals surface area (Å²) in [5.41, 5.74) is 2.51. The summed E-state index contributed by atoms with van der Waals surface area (Å²) in [5.74, 6) is -0.222. The molecule has 3 heterocycles. The Morgan fingerprint density at radius 1 is 1.28 bits per heavy atom. The molecule has 0 bridgehead atoms. The van der Waals surface area contributed by atoms with Gasteiger partial charge < -0.3 is 15.4 Å². The summed E-state index contributed by atoms with van der Waals surface area (Å²) >= 11 is 2.70. The molecule has 1 atom stereocenters. The van der Waals surface area contributed by atoms with Gasteiger partial charge in [-0.25, -0.2) is 14.6 Å². The van der Waals surface area contributed by atoms with Gasteiger partial charge in [0.1, 0.15) is 4.83 Å². The van der Waals surface area contributed by atoms with Gasteiger partial charge in [-0.2, -0.15) is 0 Å². The maximum Gasteiger partial charge on any atom is 0.337 e. The Hall–Kier alpha value is -3.11.